The molecule has 3 rings (SSSR count). The zero-order chi connectivity index (χ0) is 25.5. The fourth-order valence-corrected chi connectivity index (χ4v) is 4.60. The number of carboxylic acid groups (broad SMARTS) is 1. The molecule has 11 nitrogen and oxygen atoms in total. The van der Waals surface area contributed by atoms with E-state index in [-0.39, 0.29) is 31.4 Å². The molecule has 2 N–H and O–H groups in total. The molecule has 1 aromatic carbocycles. The Balaban J connectivity index is 1.80. The average molecular weight is 490 g/mol. The number of carbonyl (C=O) groups excluding carboxylic acids is 3. The van der Waals surface area contributed by atoms with E-state index in [0.29, 0.717) is 12.3 Å². The van der Waals surface area contributed by atoms with Crippen LogP contribution in [0.4, 0.5) is 4.79 Å². The van der Waals surface area contributed by atoms with Gasteiger partial charge in [0, 0.05) is 20.1 Å². The van der Waals surface area contributed by atoms with Crippen molar-refractivity contribution in [2.75, 3.05) is 33.8 Å². The van der Waals surface area contributed by atoms with Gasteiger partial charge in [-0.3, -0.25) is 14.4 Å². The van der Waals surface area contributed by atoms with Crippen molar-refractivity contribution in [1.29, 1.82) is 0 Å². The standard InChI is InChI=1S/C24H35N5O6/c1-4-5-6-7-12-27-15-20-28(19(23(27)33)13-22(31)32)21(30)16-26(2)29(20)24(34)25-14-17-8-10-18(35-3)11-9-17/h8-11,19-20H,4-7,12-16H2,1-3H3,(H,25,34)(H,31,32)/t19-,20-/m0/s1. The van der Waals surface area contributed by atoms with Crippen LogP contribution in [0.5, 0.6) is 5.75 Å². The van der Waals surface area contributed by atoms with Crippen molar-refractivity contribution in [2.24, 2.45) is 0 Å². The number of urea groups is 1. The van der Waals surface area contributed by atoms with E-state index >= 15 is 0 Å². The van der Waals surface area contributed by atoms with Gasteiger partial charge in [-0.25, -0.2) is 14.8 Å². The second-order valence-corrected chi connectivity index (χ2v) is 8.91. The van der Waals surface area contributed by atoms with E-state index in [1.807, 2.05) is 12.1 Å². The fourth-order valence-electron chi connectivity index (χ4n) is 4.60. The summed E-state index contributed by atoms with van der Waals surface area (Å²) in [6, 6.07) is 5.71. The first kappa shape index (κ1) is 26.3. The molecule has 0 radical (unpaired) electrons. The highest BCUT2D eigenvalue weighted by Gasteiger charge is 2.51. The number of nitrogens with zero attached hydrogens (tertiary/aromatic N) is 4. The number of methoxy groups -OCH3 is 1. The molecule has 0 aromatic heterocycles. The summed E-state index contributed by atoms with van der Waals surface area (Å²) in [6.07, 6.45) is 2.52. The molecule has 0 unspecified atom stereocenters. The van der Waals surface area contributed by atoms with Gasteiger partial charge in [-0.05, 0) is 24.1 Å². The number of likely N-dealkylation sites (N-methyl/N-ethyl adjacent to an activating group) is 1. The van der Waals surface area contributed by atoms with Gasteiger partial charge in [0.05, 0.1) is 26.6 Å². The fraction of sp³-hybridized carbons (Fsp3) is 0.583. The first-order valence-corrected chi connectivity index (χ1v) is 12.0. The summed E-state index contributed by atoms with van der Waals surface area (Å²) in [6.45, 7) is 2.81. The molecule has 35 heavy (non-hydrogen) atoms. The molecular formula is C24H35N5O6. The van der Waals surface area contributed by atoms with Crippen LogP contribution >= 0.6 is 0 Å². The number of amides is 4. The van der Waals surface area contributed by atoms with Crippen molar-refractivity contribution >= 4 is 23.8 Å². The minimum absolute atomic E-state index is 0.132. The molecule has 2 atom stereocenters. The molecule has 2 aliphatic heterocycles. The van der Waals surface area contributed by atoms with Gasteiger partial charge < -0.3 is 25.0 Å². The van der Waals surface area contributed by atoms with Gasteiger partial charge in [-0.15, -0.1) is 0 Å². The largest absolute Gasteiger partial charge is 0.497 e. The number of ether oxygens (including phenoxy) is 1. The number of hydrogen-bond donors (Lipinski definition) is 2. The normalized spacial score (nSPS) is 20.6. The number of carbonyl (C=O) groups is 4. The lowest BCUT2D eigenvalue weighted by Gasteiger charge is -2.54. The minimum Gasteiger partial charge on any atom is -0.497 e. The molecule has 2 fully saturated rings. The van der Waals surface area contributed by atoms with Crippen LogP contribution in [0.3, 0.4) is 0 Å². The number of hydrazine groups is 1. The monoisotopic (exact) mass is 489 g/mol. The van der Waals surface area contributed by atoms with Gasteiger partial charge >= 0.3 is 12.0 Å². The molecule has 0 saturated carbocycles. The third kappa shape index (κ3) is 6.21. The van der Waals surface area contributed by atoms with Crippen LogP contribution < -0.4 is 10.1 Å². The van der Waals surface area contributed by atoms with Crippen molar-refractivity contribution in [3.8, 4) is 5.75 Å². The summed E-state index contributed by atoms with van der Waals surface area (Å²) in [5.74, 6) is -1.21. The number of aliphatic carboxylic acids is 1. The van der Waals surface area contributed by atoms with E-state index in [2.05, 4.69) is 12.2 Å². The zero-order valence-corrected chi connectivity index (χ0v) is 20.6. The van der Waals surface area contributed by atoms with Crippen LogP contribution in [-0.2, 0) is 20.9 Å². The van der Waals surface area contributed by atoms with Crippen LogP contribution in [0.25, 0.3) is 0 Å². The number of piperazine rings is 1. The highest BCUT2D eigenvalue weighted by atomic mass is 16.5. The topological polar surface area (TPSA) is 123 Å². The Morgan fingerprint density at radius 2 is 1.86 bits per heavy atom. The van der Waals surface area contributed by atoms with Crippen molar-refractivity contribution in [2.45, 2.75) is 57.8 Å². The lowest BCUT2D eigenvalue weighted by molar-refractivity contribution is -0.188. The third-order valence-electron chi connectivity index (χ3n) is 6.40. The van der Waals surface area contributed by atoms with Gasteiger partial charge in [-0.2, -0.15) is 0 Å². The highest BCUT2D eigenvalue weighted by molar-refractivity contribution is 5.93. The molecule has 2 saturated heterocycles. The van der Waals surface area contributed by atoms with E-state index in [1.54, 1.807) is 31.2 Å². The molecular weight excluding hydrogens is 454 g/mol. The van der Waals surface area contributed by atoms with Gasteiger partial charge in [0.2, 0.25) is 11.8 Å². The molecule has 0 spiro atoms. The van der Waals surface area contributed by atoms with Crippen LogP contribution in [0.1, 0.15) is 44.6 Å². The second kappa shape index (κ2) is 11.9. The van der Waals surface area contributed by atoms with Crippen molar-refractivity contribution in [1.82, 2.24) is 25.1 Å². The second-order valence-electron chi connectivity index (χ2n) is 8.91. The molecule has 11 heteroatoms. The van der Waals surface area contributed by atoms with E-state index < -0.39 is 30.6 Å². The predicted octanol–water partition coefficient (Wildman–Crippen LogP) is 1.49. The lowest BCUT2D eigenvalue weighted by atomic mass is 10.0. The predicted molar refractivity (Wildman–Crippen MR) is 127 cm³/mol. The van der Waals surface area contributed by atoms with Gasteiger partial charge in [0.15, 0.2) is 0 Å². The van der Waals surface area contributed by atoms with Crippen molar-refractivity contribution in [3.05, 3.63) is 29.8 Å². The first-order chi connectivity index (χ1) is 16.8. The van der Waals surface area contributed by atoms with Gasteiger partial charge in [-0.1, -0.05) is 38.3 Å². The van der Waals surface area contributed by atoms with E-state index in [4.69, 9.17) is 4.74 Å². The Labute approximate surface area is 205 Å². The number of nitrogens with one attached hydrogen (secondary N) is 1. The summed E-state index contributed by atoms with van der Waals surface area (Å²) < 4.78 is 5.16. The maximum Gasteiger partial charge on any atom is 0.334 e. The Bertz CT molecular complexity index is 923. The van der Waals surface area contributed by atoms with E-state index in [0.717, 1.165) is 31.2 Å². The smallest absolute Gasteiger partial charge is 0.334 e. The summed E-state index contributed by atoms with van der Waals surface area (Å²) >= 11 is 0. The molecule has 2 heterocycles. The summed E-state index contributed by atoms with van der Waals surface area (Å²) in [5.41, 5.74) is 0.867. The minimum atomic E-state index is -1.17. The Hall–Kier alpha value is -3.34. The van der Waals surface area contributed by atoms with Crippen LogP contribution in [-0.4, -0.2) is 94.7 Å². The summed E-state index contributed by atoms with van der Waals surface area (Å²) in [7, 11) is 3.21. The number of fused-ring (bicyclic) bond motifs is 1. The van der Waals surface area contributed by atoms with E-state index in [1.165, 1.54) is 14.9 Å². The number of hydrogen-bond acceptors (Lipinski definition) is 6. The van der Waals surface area contributed by atoms with Crippen LogP contribution in [0.15, 0.2) is 24.3 Å². The maximum atomic E-state index is 13.3. The quantitative estimate of drug-likeness (QED) is 0.478. The third-order valence-corrected chi connectivity index (χ3v) is 6.40. The van der Waals surface area contributed by atoms with Gasteiger partial charge in [0.25, 0.3) is 0 Å². The average Bonchev–Trinajstić information content (AvgIpc) is 2.82. The van der Waals surface area contributed by atoms with E-state index in [9.17, 15) is 24.3 Å². The molecule has 192 valence electrons. The van der Waals surface area contributed by atoms with Crippen LogP contribution in [0, 0.1) is 0 Å². The van der Waals surface area contributed by atoms with Crippen LogP contribution in [0.2, 0.25) is 0 Å². The molecule has 1 aromatic rings. The number of benzene rings is 1. The Kier molecular flexibility index (Phi) is 8.91. The number of carboxylic acids is 1. The molecule has 0 aliphatic carbocycles. The summed E-state index contributed by atoms with van der Waals surface area (Å²) in [4.78, 5) is 53.8. The first-order valence-electron chi connectivity index (χ1n) is 12.0. The Morgan fingerprint density at radius 3 is 2.49 bits per heavy atom. The molecule has 4 amide bonds. The van der Waals surface area contributed by atoms with Crippen molar-refractivity contribution < 1.29 is 29.0 Å². The molecule has 0 bridgehead atoms. The Morgan fingerprint density at radius 1 is 1.14 bits per heavy atom. The zero-order valence-electron chi connectivity index (χ0n) is 20.6. The van der Waals surface area contributed by atoms with Gasteiger partial charge in [0.1, 0.15) is 18.0 Å². The van der Waals surface area contributed by atoms with Crippen molar-refractivity contribution in [3.63, 3.8) is 0 Å². The number of unbranched alkanes of at least 4 members (excludes halogenated alkanes) is 3. The SMILES string of the molecule is CCCCCCN1C[C@H]2N(C(=O)CN(C)N2C(=O)NCc2ccc(OC)cc2)[C@@H](CC(=O)O)C1=O. The lowest BCUT2D eigenvalue weighted by Crippen LogP contribution is -2.76. The maximum absolute atomic E-state index is 13.3. The number of rotatable bonds is 10. The summed E-state index contributed by atoms with van der Waals surface area (Å²) in [5, 5.41) is 15.3. The highest BCUT2D eigenvalue weighted by Crippen LogP contribution is 2.27. The molecule has 2 aliphatic rings.